The molecule has 4 rings (SSSR count). The van der Waals surface area contributed by atoms with Gasteiger partial charge in [-0.1, -0.05) is 66.7 Å². The monoisotopic (exact) mass is 381 g/mol. The number of anilines is 3. The summed E-state index contributed by atoms with van der Waals surface area (Å²) in [4.78, 5) is 17.5. The first-order chi connectivity index (χ1) is 14.3. The van der Waals surface area contributed by atoms with Gasteiger partial charge in [-0.15, -0.1) is 0 Å². The van der Waals surface area contributed by atoms with Gasteiger partial charge in [0.1, 0.15) is 11.4 Å². The van der Waals surface area contributed by atoms with Gasteiger partial charge >= 0.3 is 0 Å². The van der Waals surface area contributed by atoms with Crippen molar-refractivity contribution in [2.24, 2.45) is 4.99 Å². The van der Waals surface area contributed by atoms with Crippen LogP contribution in [0.5, 0.6) is 0 Å². The molecule has 4 aromatic rings. The molecule has 0 fully saturated rings. The van der Waals surface area contributed by atoms with E-state index < -0.39 is 0 Å². The number of aromatic nitrogens is 2. The van der Waals surface area contributed by atoms with Crippen LogP contribution < -0.4 is 10.6 Å². The van der Waals surface area contributed by atoms with Crippen LogP contribution in [0.2, 0.25) is 0 Å². The Hall–Kier alpha value is -4.19. The van der Waals surface area contributed by atoms with Crippen molar-refractivity contribution in [1.29, 1.82) is 0 Å². The second-order valence-electron chi connectivity index (χ2n) is 6.28. The minimum atomic E-state index is -0.302. The fraction of sp³-hybridized carbons (Fsp3) is 0. The Labute approximate surface area is 168 Å². The van der Waals surface area contributed by atoms with Crippen LogP contribution in [0.4, 0.5) is 23.0 Å². The number of aromatic amines is 1. The summed E-state index contributed by atoms with van der Waals surface area (Å²) >= 11 is 0. The molecule has 0 unspecified atom stereocenters. The fourth-order valence-electron chi connectivity index (χ4n) is 2.79. The number of para-hydroxylation sites is 2. The lowest BCUT2D eigenvalue weighted by molar-refractivity contribution is 0.102. The molecule has 6 heteroatoms. The van der Waals surface area contributed by atoms with Gasteiger partial charge in [-0.25, -0.2) is 4.99 Å². The molecule has 6 nitrogen and oxygen atoms in total. The van der Waals surface area contributed by atoms with E-state index in [2.05, 4.69) is 25.8 Å². The van der Waals surface area contributed by atoms with Crippen LogP contribution >= 0.6 is 0 Å². The predicted octanol–water partition coefficient (Wildman–Crippen LogP) is 5.16. The van der Waals surface area contributed by atoms with E-state index >= 15 is 0 Å². The minimum absolute atomic E-state index is 0.302. The molecule has 0 radical (unpaired) electrons. The number of aliphatic imine (C=N–C) groups is 1. The zero-order valence-corrected chi connectivity index (χ0v) is 15.5. The predicted molar refractivity (Wildman–Crippen MR) is 116 cm³/mol. The van der Waals surface area contributed by atoms with Gasteiger partial charge in [0.25, 0.3) is 5.91 Å². The number of H-pyrrole nitrogens is 1. The zero-order valence-electron chi connectivity index (χ0n) is 15.5. The maximum absolute atomic E-state index is 13.0. The third kappa shape index (κ3) is 4.56. The number of hydrogen-bond acceptors (Lipinski definition) is 4. The van der Waals surface area contributed by atoms with E-state index in [1.54, 1.807) is 6.21 Å². The minimum Gasteiger partial charge on any atom is -0.340 e. The van der Waals surface area contributed by atoms with Crippen LogP contribution in [-0.2, 0) is 0 Å². The Morgan fingerprint density at radius 1 is 0.828 bits per heavy atom. The molecular weight excluding hydrogens is 362 g/mol. The van der Waals surface area contributed by atoms with Gasteiger partial charge in [0.2, 0.25) is 0 Å². The van der Waals surface area contributed by atoms with Gasteiger partial charge in [0.05, 0.1) is 0 Å². The van der Waals surface area contributed by atoms with Crippen molar-refractivity contribution in [2.75, 3.05) is 10.6 Å². The second kappa shape index (κ2) is 8.67. The highest BCUT2D eigenvalue weighted by Gasteiger charge is 2.21. The summed E-state index contributed by atoms with van der Waals surface area (Å²) in [5.41, 5.74) is 2.79. The van der Waals surface area contributed by atoms with Crippen molar-refractivity contribution in [1.82, 2.24) is 10.2 Å². The van der Waals surface area contributed by atoms with Crippen LogP contribution in [0.1, 0.15) is 15.9 Å². The SMILES string of the molecule is O=C(Nc1ccccc1)c1c(N=Cc2ccccc2)n[nH]c1Nc1ccccc1. The Morgan fingerprint density at radius 2 is 1.41 bits per heavy atom. The Morgan fingerprint density at radius 3 is 2.07 bits per heavy atom. The highest BCUT2D eigenvalue weighted by atomic mass is 16.1. The molecule has 0 aliphatic heterocycles. The van der Waals surface area contributed by atoms with Crippen molar-refractivity contribution in [3.63, 3.8) is 0 Å². The van der Waals surface area contributed by atoms with Crippen LogP contribution in [-0.4, -0.2) is 22.3 Å². The third-order valence-electron chi connectivity index (χ3n) is 4.18. The molecule has 3 aromatic carbocycles. The lowest BCUT2D eigenvalue weighted by Crippen LogP contribution is -2.13. The topological polar surface area (TPSA) is 82.2 Å². The lowest BCUT2D eigenvalue weighted by Gasteiger charge is -2.08. The average Bonchev–Trinajstić information content (AvgIpc) is 3.17. The van der Waals surface area contributed by atoms with E-state index in [0.29, 0.717) is 22.9 Å². The van der Waals surface area contributed by atoms with Crippen LogP contribution in [0, 0.1) is 0 Å². The standard InChI is InChI=1S/C23H19N5O/c29-23(26-19-14-8-3-9-15-19)20-21(24-16-17-10-4-1-5-11-17)27-28-22(20)25-18-12-6-2-7-13-18/h1-16H,(H,26,29)(H2,25,27,28). The molecule has 142 valence electrons. The van der Waals surface area contributed by atoms with Crippen molar-refractivity contribution in [3.8, 4) is 0 Å². The van der Waals surface area contributed by atoms with E-state index in [1.807, 2.05) is 91.0 Å². The normalized spacial score (nSPS) is 10.8. The number of rotatable bonds is 6. The molecular formula is C23H19N5O. The number of nitrogens with one attached hydrogen (secondary N) is 3. The van der Waals surface area contributed by atoms with Gasteiger partial charge in [0, 0.05) is 17.6 Å². The molecule has 0 saturated carbocycles. The second-order valence-corrected chi connectivity index (χ2v) is 6.28. The number of carbonyl (C=O) groups excluding carboxylic acids is 1. The summed E-state index contributed by atoms with van der Waals surface area (Å²) < 4.78 is 0. The molecule has 0 bridgehead atoms. The molecule has 0 atom stereocenters. The fourth-order valence-corrected chi connectivity index (χ4v) is 2.79. The van der Waals surface area contributed by atoms with Gasteiger partial charge < -0.3 is 10.6 Å². The molecule has 1 aromatic heterocycles. The molecule has 0 aliphatic carbocycles. The Bertz CT molecular complexity index is 1110. The van der Waals surface area contributed by atoms with Crippen molar-refractivity contribution < 1.29 is 4.79 Å². The van der Waals surface area contributed by atoms with E-state index in [1.165, 1.54) is 0 Å². The Balaban J connectivity index is 1.67. The maximum atomic E-state index is 13.0. The van der Waals surface area contributed by atoms with E-state index in [4.69, 9.17) is 0 Å². The summed E-state index contributed by atoms with van der Waals surface area (Å²) in [5, 5.41) is 13.2. The first kappa shape index (κ1) is 18.2. The van der Waals surface area contributed by atoms with Crippen LogP contribution in [0.3, 0.4) is 0 Å². The molecule has 1 heterocycles. The van der Waals surface area contributed by atoms with E-state index in [0.717, 1.165) is 11.3 Å². The van der Waals surface area contributed by atoms with E-state index in [-0.39, 0.29) is 5.91 Å². The van der Waals surface area contributed by atoms with Gasteiger partial charge in [0.15, 0.2) is 5.82 Å². The first-order valence-electron chi connectivity index (χ1n) is 9.15. The molecule has 1 amide bonds. The van der Waals surface area contributed by atoms with Gasteiger partial charge in [-0.2, -0.15) is 5.10 Å². The molecule has 29 heavy (non-hydrogen) atoms. The molecule has 0 aliphatic rings. The number of carbonyl (C=O) groups is 1. The summed E-state index contributed by atoms with van der Waals surface area (Å²) in [6, 6.07) is 28.5. The van der Waals surface area contributed by atoms with Crippen molar-refractivity contribution >= 4 is 35.1 Å². The van der Waals surface area contributed by atoms with Gasteiger partial charge in [-0.05, 0) is 29.8 Å². The number of amides is 1. The number of benzene rings is 3. The summed E-state index contributed by atoms with van der Waals surface area (Å²) in [5.74, 6) is 0.481. The van der Waals surface area contributed by atoms with Crippen molar-refractivity contribution in [2.45, 2.75) is 0 Å². The largest absolute Gasteiger partial charge is 0.340 e. The van der Waals surface area contributed by atoms with E-state index in [9.17, 15) is 4.79 Å². The smallest absolute Gasteiger partial charge is 0.263 e. The first-order valence-corrected chi connectivity index (χ1v) is 9.15. The highest BCUT2D eigenvalue weighted by Crippen LogP contribution is 2.27. The quantitative estimate of drug-likeness (QED) is 0.404. The summed E-state index contributed by atoms with van der Waals surface area (Å²) in [6.07, 6.45) is 1.68. The third-order valence-corrected chi connectivity index (χ3v) is 4.18. The maximum Gasteiger partial charge on any atom is 0.263 e. The number of nitrogens with zero attached hydrogens (tertiary/aromatic N) is 2. The lowest BCUT2D eigenvalue weighted by atomic mass is 10.2. The van der Waals surface area contributed by atoms with Crippen LogP contribution in [0.25, 0.3) is 0 Å². The number of hydrogen-bond donors (Lipinski definition) is 3. The zero-order chi connectivity index (χ0) is 19.9. The van der Waals surface area contributed by atoms with Gasteiger partial charge in [-0.3, -0.25) is 9.89 Å². The average molecular weight is 381 g/mol. The summed E-state index contributed by atoms with van der Waals surface area (Å²) in [7, 11) is 0. The summed E-state index contributed by atoms with van der Waals surface area (Å²) in [6.45, 7) is 0. The highest BCUT2D eigenvalue weighted by molar-refractivity contribution is 6.11. The van der Waals surface area contributed by atoms with Crippen molar-refractivity contribution in [3.05, 3.63) is 102 Å². The molecule has 0 saturated heterocycles. The molecule has 0 spiro atoms. The van der Waals surface area contributed by atoms with Crippen LogP contribution in [0.15, 0.2) is 96.0 Å². The Kier molecular flexibility index (Phi) is 5.43. The molecule has 3 N–H and O–H groups in total.